The first kappa shape index (κ1) is 29.2. The zero-order chi connectivity index (χ0) is 22.5. The van der Waals surface area contributed by atoms with E-state index in [1.54, 1.807) is 0 Å². The van der Waals surface area contributed by atoms with Gasteiger partial charge in [-0.2, -0.15) is 12.6 Å². The van der Waals surface area contributed by atoms with Gasteiger partial charge in [0.2, 0.25) is 0 Å². The predicted octanol–water partition coefficient (Wildman–Crippen LogP) is 6.50. The number of carboxylic acid groups (broad SMARTS) is 1. The molecular weight excluding hydrogens is 398 g/mol. The van der Waals surface area contributed by atoms with Gasteiger partial charge in [0.15, 0.2) is 6.23 Å². The molecule has 0 saturated carbocycles. The fraction of sp³-hybridized carbons (Fsp3) is 0.917. The lowest BCUT2D eigenvalue weighted by atomic mass is 10.0. The van der Waals surface area contributed by atoms with Crippen LogP contribution in [-0.2, 0) is 14.3 Å². The van der Waals surface area contributed by atoms with E-state index in [1.165, 1.54) is 83.5 Å². The molecule has 0 aliphatic rings. The number of nitrogens with one attached hydrogen (secondary N) is 1. The highest BCUT2D eigenvalue weighted by Crippen LogP contribution is 2.14. The van der Waals surface area contributed by atoms with Gasteiger partial charge in [0.05, 0.1) is 0 Å². The maximum Gasteiger partial charge on any atom is 0.321 e. The van der Waals surface area contributed by atoms with Crippen molar-refractivity contribution in [2.75, 3.05) is 5.75 Å². The molecule has 0 rings (SSSR count). The minimum atomic E-state index is -0.984. The second kappa shape index (κ2) is 21.5. The van der Waals surface area contributed by atoms with Gasteiger partial charge in [0.25, 0.3) is 0 Å². The number of rotatable bonds is 22. The van der Waals surface area contributed by atoms with E-state index in [0.717, 1.165) is 12.8 Å². The van der Waals surface area contributed by atoms with Crippen LogP contribution in [0.3, 0.4) is 0 Å². The summed E-state index contributed by atoms with van der Waals surface area (Å²) in [4.78, 5) is 23.0. The molecule has 0 bridgehead atoms. The average molecular weight is 446 g/mol. The van der Waals surface area contributed by atoms with E-state index in [2.05, 4.69) is 24.9 Å². The predicted molar refractivity (Wildman–Crippen MR) is 128 cm³/mol. The van der Waals surface area contributed by atoms with Gasteiger partial charge in [0, 0.05) is 12.2 Å². The maximum absolute atomic E-state index is 12.0. The van der Waals surface area contributed by atoms with Crippen LogP contribution in [0.25, 0.3) is 0 Å². The summed E-state index contributed by atoms with van der Waals surface area (Å²) in [5, 5.41) is 11.9. The van der Waals surface area contributed by atoms with E-state index in [-0.39, 0.29) is 11.7 Å². The molecule has 0 spiro atoms. The summed E-state index contributed by atoms with van der Waals surface area (Å²) in [6.45, 7) is 4.12. The van der Waals surface area contributed by atoms with E-state index in [9.17, 15) is 9.59 Å². The van der Waals surface area contributed by atoms with Crippen molar-refractivity contribution in [1.82, 2.24) is 5.32 Å². The van der Waals surface area contributed by atoms with Crippen molar-refractivity contribution < 1.29 is 19.4 Å². The van der Waals surface area contributed by atoms with Crippen LogP contribution in [0.15, 0.2) is 0 Å². The molecule has 30 heavy (non-hydrogen) atoms. The molecular formula is C24H47NO4S. The van der Waals surface area contributed by atoms with Crippen LogP contribution in [-0.4, -0.2) is 35.1 Å². The molecule has 0 aromatic carbocycles. The number of hydrogen-bond acceptors (Lipinski definition) is 5. The Hall–Kier alpha value is -0.750. The summed E-state index contributed by atoms with van der Waals surface area (Å²) in [6.07, 6.45) is 19.8. The lowest BCUT2D eigenvalue weighted by Gasteiger charge is -2.21. The number of carbonyl (C=O) groups excluding carboxylic acids is 1. The van der Waals surface area contributed by atoms with Gasteiger partial charge >= 0.3 is 11.9 Å². The Labute approximate surface area is 190 Å². The van der Waals surface area contributed by atoms with Crippen molar-refractivity contribution in [3.63, 3.8) is 0 Å². The molecule has 0 aliphatic carbocycles. The normalized spacial score (nSPS) is 13.2. The number of ether oxygens (including phenoxy) is 1. The molecule has 0 radical (unpaired) electrons. The summed E-state index contributed by atoms with van der Waals surface area (Å²) >= 11 is 4.01. The number of aliphatic carboxylic acids is 1. The first-order valence-electron chi connectivity index (χ1n) is 12.3. The number of thiol groups is 1. The lowest BCUT2D eigenvalue weighted by molar-refractivity contribution is -0.154. The molecule has 2 atom stereocenters. The van der Waals surface area contributed by atoms with E-state index >= 15 is 0 Å². The third-order valence-electron chi connectivity index (χ3n) is 5.50. The number of hydrogen-bond donors (Lipinski definition) is 3. The molecule has 0 heterocycles. The van der Waals surface area contributed by atoms with Crippen LogP contribution in [0.2, 0.25) is 0 Å². The Morgan fingerprint density at radius 1 is 0.800 bits per heavy atom. The summed E-state index contributed by atoms with van der Waals surface area (Å²) in [5.74, 6) is -1.09. The standard InChI is InChI=1S/C24H47NO4S/c1-3-5-6-7-8-9-10-11-12-13-14-15-16-17-18-19-23(26)29-22(4-2)25-21(20-30)24(27)28/h21-22,25,30H,3-20H2,1-2H3,(H,27,28). The molecule has 2 N–H and O–H groups in total. The van der Waals surface area contributed by atoms with Gasteiger partial charge in [-0.05, 0) is 12.8 Å². The van der Waals surface area contributed by atoms with Gasteiger partial charge in [-0.15, -0.1) is 0 Å². The van der Waals surface area contributed by atoms with E-state index in [0.29, 0.717) is 12.8 Å². The van der Waals surface area contributed by atoms with Gasteiger partial charge in [-0.1, -0.05) is 104 Å². The summed E-state index contributed by atoms with van der Waals surface area (Å²) in [6, 6.07) is -0.808. The average Bonchev–Trinajstić information content (AvgIpc) is 2.73. The van der Waals surface area contributed by atoms with Crippen molar-refractivity contribution in [3.05, 3.63) is 0 Å². The molecule has 178 valence electrons. The molecule has 0 aromatic rings. The first-order valence-corrected chi connectivity index (χ1v) is 13.0. The Balaban J connectivity index is 3.50. The second-order valence-electron chi connectivity index (χ2n) is 8.33. The largest absolute Gasteiger partial charge is 0.480 e. The summed E-state index contributed by atoms with van der Waals surface area (Å²) in [7, 11) is 0. The van der Waals surface area contributed by atoms with E-state index in [4.69, 9.17) is 9.84 Å². The molecule has 0 fully saturated rings. The van der Waals surface area contributed by atoms with E-state index < -0.39 is 18.2 Å². The van der Waals surface area contributed by atoms with Gasteiger partial charge in [-0.25, -0.2) is 0 Å². The van der Waals surface area contributed by atoms with Crippen molar-refractivity contribution in [2.45, 2.75) is 135 Å². The Morgan fingerprint density at radius 3 is 1.60 bits per heavy atom. The third kappa shape index (κ3) is 18.1. The monoisotopic (exact) mass is 445 g/mol. The van der Waals surface area contributed by atoms with Gasteiger partial charge in [-0.3, -0.25) is 14.9 Å². The Bertz CT molecular complexity index is 420. The van der Waals surface area contributed by atoms with Crippen LogP contribution in [0, 0.1) is 0 Å². The minimum absolute atomic E-state index is 0.155. The Kier molecular flexibility index (Phi) is 20.9. The van der Waals surface area contributed by atoms with Crippen LogP contribution < -0.4 is 5.32 Å². The van der Waals surface area contributed by atoms with Crippen LogP contribution in [0.1, 0.15) is 123 Å². The second-order valence-corrected chi connectivity index (χ2v) is 8.69. The number of carbonyl (C=O) groups is 2. The zero-order valence-electron chi connectivity index (χ0n) is 19.5. The number of carboxylic acids is 1. The minimum Gasteiger partial charge on any atom is -0.480 e. The Morgan fingerprint density at radius 2 is 1.23 bits per heavy atom. The maximum atomic E-state index is 12.0. The van der Waals surface area contributed by atoms with Gasteiger partial charge < -0.3 is 9.84 Å². The highest BCUT2D eigenvalue weighted by atomic mass is 32.1. The fourth-order valence-electron chi connectivity index (χ4n) is 3.52. The van der Waals surface area contributed by atoms with Crippen LogP contribution >= 0.6 is 12.6 Å². The lowest BCUT2D eigenvalue weighted by Crippen LogP contribution is -2.46. The smallest absolute Gasteiger partial charge is 0.321 e. The molecule has 0 aromatic heterocycles. The summed E-state index contributed by atoms with van der Waals surface area (Å²) < 4.78 is 5.35. The molecule has 5 nitrogen and oxygen atoms in total. The zero-order valence-corrected chi connectivity index (χ0v) is 20.4. The SMILES string of the molecule is CCCCCCCCCCCCCCCCCC(=O)OC(CC)NC(CS)C(=O)O. The van der Waals surface area contributed by atoms with Crippen molar-refractivity contribution in [3.8, 4) is 0 Å². The molecule has 0 amide bonds. The molecule has 0 aliphatic heterocycles. The molecule has 0 saturated heterocycles. The van der Waals surface area contributed by atoms with Crippen molar-refractivity contribution in [1.29, 1.82) is 0 Å². The quantitative estimate of drug-likeness (QED) is 0.0767. The highest BCUT2D eigenvalue weighted by Gasteiger charge is 2.21. The van der Waals surface area contributed by atoms with Crippen LogP contribution in [0.4, 0.5) is 0 Å². The highest BCUT2D eigenvalue weighted by molar-refractivity contribution is 7.80. The topological polar surface area (TPSA) is 75.6 Å². The summed E-state index contributed by atoms with van der Waals surface area (Å²) in [5.41, 5.74) is 0. The van der Waals surface area contributed by atoms with E-state index in [1.807, 2.05) is 6.92 Å². The number of esters is 1. The number of unbranched alkanes of at least 4 members (excludes halogenated alkanes) is 14. The van der Waals surface area contributed by atoms with Crippen molar-refractivity contribution in [2.24, 2.45) is 0 Å². The van der Waals surface area contributed by atoms with Gasteiger partial charge in [0.1, 0.15) is 6.04 Å². The first-order chi connectivity index (χ1) is 14.5. The molecule has 6 heteroatoms. The van der Waals surface area contributed by atoms with Crippen LogP contribution in [0.5, 0.6) is 0 Å². The third-order valence-corrected chi connectivity index (χ3v) is 5.86. The van der Waals surface area contributed by atoms with Crippen molar-refractivity contribution >= 4 is 24.6 Å². The fourth-order valence-corrected chi connectivity index (χ4v) is 3.78. The molecule has 2 unspecified atom stereocenters.